The highest BCUT2D eigenvalue weighted by atomic mass is 127. The van der Waals surface area contributed by atoms with Crippen LogP contribution in [0.25, 0.3) is 0 Å². The summed E-state index contributed by atoms with van der Waals surface area (Å²) in [5.41, 5.74) is 0.433. The van der Waals surface area contributed by atoms with E-state index in [0.29, 0.717) is 11.8 Å². The summed E-state index contributed by atoms with van der Waals surface area (Å²) in [5.74, 6) is 0.890. The standard InChI is InChI=1S/C17H33N3O2.HI/c1-7-18-15(20-13-16(2,3)17(20,4)5)19-12-10-8-9-11-14(21)22-6;/h7-13H2,1-6H3,(H,18,19);1H. The largest absolute Gasteiger partial charge is 0.469 e. The van der Waals surface area contributed by atoms with Gasteiger partial charge in [0.05, 0.1) is 7.11 Å². The summed E-state index contributed by atoms with van der Waals surface area (Å²) in [6.07, 6.45) is 3.39. The Labute approximate surface area is 158 Å². The molecule has 0 bridgehead atoms. The molecule has 1 aliphatic heterocycles. The van der Waals surface area contributed by atoms with Crippen LogP contribution in [0.1, 0.15) is 60.3 Å². The second kappa shape index (κ2) is 9.69. The van der Waals surface area contributed by atoms with Gasteiger partial charge in [-0.2, -0.15) is 0 Å². The Morgan fingerprint density at radius 2 is 1.87 bits per heavy atom. The fraction of sp³-hybridized carbons (Fsp3) is 0.882. The van der Waals surface area contributed by atoms with Gasteiger partial charge in [0.25, 0.3) is 0 Å². The molecule has 1 aliphatic rings. The monoisotopic (exact) mass is 439 g/mol. The lowest BCUT2D eigenvalue weighted by Gasteiger charge is -2.62. The van der Waals surface area contributed by atoms with Gasteiger partial charge in [0.2, 0.25) is 0 Å². The average Bonchev–Trinajstić information content (AvgIpc) is 2.47. The molecule has 0 saturated carbocycles. The highest BCUT2D eigenvalue weighted by molar-refractivity contribution is 14.0. The minimum atomic E-state index is -0.124. The number of hydrogen-bond donors (Lipinski definition) is 1. The van der Waals surface area contributed by atoms with E-state index in [1.807, 2.05) is 0 Å². The Kier molecular flexibility index (Phi) is 9.47. The van der Waals surface area contributed by atoms with E-state index in [4.69, 9.17) is 4.99 Å². The first-order valence-corrected chi connectivity index (χ1v) is 8.39. The second-order valence-electron chi connectivity index (χ2n) is 7.15. The van der Waals surface area contributed by atoms with Crippen molar-refractivity contribution < 1.29 is 9.53 Å². The van der Waals surface area contributed by atoms with Crippen LogP contribution in [0, 0.1) is 5.41 Å². The molecular formula is C17H34IN3O2. The van der Waals surface area contributed by atoms with Gasteiger partial charge in [0, 0.05) is 37.0 Å². The minimum absolute atomic E-state index is 0. The maximum Gasteiger partial charge on any atom is 0.305 e. The number of rotatable bonds is 7. The van der Waals surface area contributed by atoms with Crippen LogP contribution >= 0.6 is 24.0 Å². The summed E-state index contributed by atoms with van der Waals surface area (Å²) in [6, 6.07) is 0. The van der Waals surface area contributed by atoms with Crippen molar-refractivity contribution in [3.05, 3.63) is 0 Å². The summed E-state index contributed by atoms with van der Waals surface area (Å²) in [5, 5.41) is 3.40. The topological polar surface area (TPSA) is 53.9 Å². The van der Waals surface area contributed by atoms with Crippen LogP contribution < -0.4 is 5.32 Å². The van der Waals surface area contributed by atoms with E-state index in [2.05, 4.69) is 49.6 Å². The Morgan fingerprint density at radius 1 is 1.22 bits per heavy atom. The molecule has 0 spiro atoms. The van der Waals surface area contributed by atoms with Gasteiger partial charge >= 0.3 is 5.97 Å². The van der Waals surface area contributed by atoms with Crippen LogP contribution in [-0.4, -0.2) is 49.1 Å². The molecule has 0 aromatic carbocycles. The van der Waals surface area contributed by atoms with Crippen molar-refractivity contribution in [3.8, 4) is 0 Å². The number of carbonyl (C=O) groups is 1. The van der Waals surface area contributed by atoms with Crippen molar-refractivity contribution in [2.75, 3.05) is 26.7 Å². The summed E-state index contributed by atoms with van der Waals surface area (Å²) in [6.45, 7) is 14.0. The summed E-state index contributed by atoms with van der Waals surface area (Å²) >= 11 is 0. The molecule has 0 radical (unpaired) electrons. The summed E-state index contributed by atoms with van der Waals surface area (Å²) in [4.78, 5) is 18.2. The number of likely N-dealkylation sites (tertiary alicyclic amines) is 1. The third-order valence-electron chi connectivity index (χ3n) is 5.00. The molecule has 0 aromatic heterocycles. The van der Waals surface area contributed by atoms with Crippen LogP contribution in [0.2, 0.25) is 0 Å². The SMILES string of the molecule is CCNC(=NCCCCCC(=O)OC)N1CC(C)(C)C1(C)C.I. The number of halogens is 1. The average molecular weight is 439 g/mol. The first-order chi connectivity index (χ1) is 10.3. The molecule has 0 amide bonds. The van der Waals surface area contributed by atoms with Gasteiger partial charge in [-0.1, -0.05) is 20.3 Å². The molecule has 1 N–H and O–H groups in total. The smallest absolute Gasteiger partial charge is 0.305 e. The van der Waals surface area contributed by atoms with Crippen LogP contribution in [0.4, 0.5) is 0 Å². The van der Waals surface area contributed by atoms with Gasteiger partial charge in [-0.05, 0) is 33.6 Å². The van der Waals surface area contributed by atoms with Crippen molar-refractivity contribution in [3.63, 3.8) is 0 Å². The maximum atomic E-state index is 11.0. The number of aliphatic imine (C=N–C) groups is 1. The number of carbonyl (C=O) groups excluding carboxylic acids is 1. The Bertz CT molecular complexity index is 409. The fourth-order valence-corrected chi connectivity index (χ4v) is 2.64. The van der Waals surface area contributed by atoms with Crippen LogP contribution in [0.15, 0.2) is 4.99 Å². The van der Waals surface area contributed by atoms with E-state index < -0.39 is 0 Å². The molecule has 0 atom stereocenters. The molecule has 1 rings (SSSR count). The van der Waals surface area contributed by atoms with Crippen molar-refractivity contribution in [2.24, 2.45) is 10.4 Å². The first-order valence-electron chi connectivity index (χ1n) is 8.39. The molecule has 0 aromatic rings. The lowest BCUT2D eigenvalue weighted by Crippen LogP contribution is -2.72. The van der Waals surface area contributed by atoms with E-state index in [0.717, 1.165) is 44.9 Å². The number of nitrogens with one attached hydrogen (secondary N) is 1. The molecule has 136 valence electrons. The number of methoxy groups -OCH3 is 1. The zero-order valence-electron chi connectivity index (χ0n) is 15.6. The highest BCUT2D eigenvalue weighted by Crippen LogP contribution is 2.46. The normalized spacial score (nSPS) is 18.7. The number of ether oxygens (including phenoxy) is 1. The van der Waals surface area contributed by atoms with Gasteiger partial charge < -0.3 is 15.0 Å². The number of hydrogen-bond acceptors (Lipinski definition) is 3. The molecule has 1 fully saturated rings. The number of nitrogens with zero attached hydrogens (tertiary/aromatic N) is 2. The summed E-state index contributed by atoms with van der Waals surface area (Å²) in [7, 11) is 1.44. The molecule has 0 aliphatic carbocycles. The summed E-state index contributed by atoms with van der Waals surface area (Å²) < 4.78 is 4.64. The molecular weight excluding hydrogens is 405 g/mol. The minimum Gasteiger partial charge on any atom is -0.469 e. The highest BCUT2D eigenvalue weighted by Gasteiger charge is 2.53. The van der Waals surface area contributed by atoms with Crippen molar-refractivity contribution in [1.82, 2.24) is 10.2 Å². The number of guanidine groups is 1. The molecule has 1 saturated heterocycles. The second-order valence-corrected chi connectivity index (χ2v) is 7.15. The number of esters is 1. The third-order valence-corrected chi connectivity index (χ3v) is 5.00. The quantitative estimate of drug-likeness (QED) is 0.217. The Balaban J connectivity index is 0.00000484. The first kappa shape index (κ1) is 22.5. The Morgan fingerprint density at radius 3 is 2.35 bits per heavy atom. The maximum absolute atomic E-state index is 11.0. The van der Waals surface area contributed by atoms with Gasteiger partial charge in [-0.3, -0.25) is 9.79 Å². The van der Waals surface area contributed by atoms with E-state index in [-0.39, 0.29) is 35.5 Å². The van der Waals surface area contributed by atoms with Gasteiger partial charge in [0.1, 0.15) is 0 Å². The molecule has 5 nitrogen and oxygen atoms in total. The predicted octanol–water partition coefficient (Wildman–Crippen LogP) is 3.42. The zero-order valence-corrected chi connectivity index (χ0v) is 17.9. The zero-order chi connectivity index (χ0) is 16.8. The lowest BCUT2D eigenvalue weighted by molar-refractivity contribution is -0.140. The van der Waals surface area contributed by atoms with Crippen molar-refractivity contribution in [2.45, 2.75) is 65.8 Å². The third kappa shape index (κ3) is 5.80. The van der Waals surface area contributed by atoms with Crippen LogP contribution in [-0.2, 0) is 9.53 Å². The van der Waals surface area contributed by atoms with Crippen molar-refractivity contribution in [1.29, 1.82) is 0 Å². The van der Waals surface area contributed by atoms with E-state index >= 15 is 0 Å². The molecule has 6 heteroatoms. The van der Waals surface area contributed by atoms with E-state index in [9.17, 15) is 4.79 Å². The van der Waals surface area contributed by atoms with E-state index in [1.54, 1.807) is 0 Å². The van der Waals surface area contributed by atoms with Gasteiger partial charge in [-0.25, -0.2) is 0 Å². The van der Waals surface area contributed by atoms with Gasteiger partial charge in [0.15, 0.2) is 5.96 Å². The molecule has 1 heterocycles. The van der Waals surface area contributed by atoms with Gasteiger partial charge in [-0.15, -0.1) is 24.0 Å². The van der Waals surface area contributed by atoms with Crippen LogP contribution in [0.5, 0.6) is 0 Å². The fourth-order valence-electron chi connectivity index (χ4n) is 2.64. The number of unbranched alkanes of at least 4 members (excludes halogenated alkanes) is 2. The molecule has 23 heavy (non-hydrogen) atoms. The molecule has 0 unspecified atom stereocenters. The predicted molar refractivity (Wildman–Crippen MR) is 106 cm³/mol. The van der Waals surface area contributed by atoms with Crippen LogP contribution in [0.3, 0.4) is 0 Å². The lowest BCUT2D eigenvalue weighted by atomic mass is 9.65. The van der Waals surface area contributed by atoms with E-state index in [1.165, 1.54) is 7.11 Å². The Hall–Kier alpha value is -0.530. The van der Waals surface area contributed by atoms with Crippen molar-refractivity contribution >= 4 is 35.9 Å².